The first kappa shape index (κ1) is 54.3. The Labute approximate surface area is 433 Å². The van der Waals surface area contributed by atoms with Gasteiger partial charge in [0, 0.05) is 71.1 Å². The number of anilines is 3. The van der Waals surface area contributed by atoms with E-state index in [9.17, 15) is 19.5 Å². The van der Waals surface area contributed by atoms with Gasteiger partial charge in [-0.3, -0.25) is 14.4 Å². The maximum atomic E-state index is 14.9. The van der Waals surface area contributed by atoms with Crippen molar-refractivity contribution in [1.82, 2.24) is 5.32 Å². The van der Waals surface area contributed by atoms with Crippen LogP contribution in [-0.4, -0.2) is 46.1 Å². The van der Waals surface area contributed by atoms with Gasteiger partial charge in [-0.2, -0.15) is 4.58 Å². The molecule has 4 aliphatic rings. The predicted molar refractivity (Wildman–Crippen MR) is 299 cm³/mol. The molecule has 0 radical (unpaired) electrons. The van der Waals surface area contributed by atoms with Crippen molar-refractivity contribution in [1.29, 1.82) is 0 Å². The summed E-state index contributed by atoms with van der Waals surface area (Å²) in [5.41, 5.74) is 9.12. The summed E-state index contributed by atoms with van der Waals surface area (Å²) in [6.07, 6.45) is 29.0. The van der Waals surface area contributed by atoms with E-state index in [0.717, 1.165) is 177 Å². The molecule has 3 aromatic carbocycles. The van der Waals surface area contributed by atoms with E-state index in [-0.39, 0.29) is 46.3 Å². The summed E-state index contributed by atoms with van der Waals surface area (Å²) in [5.74, 6) is 0.202. The number of nitrogens with one attached hydrogen (secondary N) is 2. The fourth-order valence-electron chi connectivity index (χ4n) is 11.3. The summed E-state index contributed by atoms with van der Waals surface area (Å²) in [6.45, 7) is 15.1. The largest absolute Gasteiger partial charge is 0.506 e. The molecule has 386 valence electrons. The van der Waals surface area contributed by atoms with Gasteiger partial charge in [0.15, 0.2) is 6.54 Å². The Balaban J connectivity index is 1.33. The molecule has 0 heterocycles. The third-order valence-corrected chi connectivity index (χ3v) is 16.2. The molecule has 8 heteroatoms. The first-order valence-electron chi connectivity index (χ1n) is 28.6. The number of benzene rings is 3. The molecule has 72 heavy (non-hydrogen) atoms. The zero-order valence-corrected chi connectivity index (χ0v) is 44.9. The molecule has 3 N–H and O–H groups in total. The van der Waals surface area contributed by atoms with Crippen LogP contribution in [0.5, 0.6) is 0 Å². The fourth-order valence-corrected chi connectivity index (χ4v) is 11.3. The number of unbranched alkanes of at least 4 members (excludes halogenated alkanes) is 4. The normalized spacial score (nSPS) is 18.8. The van der Waals surface area contributed by atoms with E-state index in [2.05, 4.69) is 110 Å². The lowest BCUT2D eigenvalue weighted by Gasteiger charge is -2.31. The van der Waals surface area contributed by atoms with Gasteiger partial charge < -0.3 is 20.6 Å². The topological polar surface area (TPSA) is 102 Å². The van der Waals surface area contributed by atoms with E-state index < -0.39 is 0 Å². The summed E-state index contributed by atoms with van der Waals surface area (Å²) < 4.78 is 2.37. The van der Waals surface area contributed by atoms with Gasteiger partial charge >= 0.3 is 0 Å². The lowest BCUT2D eigenvalue weighted by atomic mass is 9.78. The van der Waals surface area contributed by atoms with Crippen molar-refractivity contribution in [2.45, 2.75) is 183 Å². The van der Waals surface area contributed by atoms with Crippen LogP contribution in [0.3, 0.4) is 0 Å². The number of carbonyl (C=O) groups excluding carboxylic acids is 3. The number of amides is 2. The Bertz CT molecular complexity index is 2480. The molecule has 0 aliphatic heterocycles. The molecule has 0 aromatic heterocycles. The minimum absolute atomic E-state index is 0.0455. The van der Waals surface area contributed by atoms with Crippen LogP contribution in [0.15, 0.2) is 108 Å². The average Bonchev–Trinajstić information content (AvgIpc) is 4.16. The van der Waals surface area contributed by atoms with Crippen LogP contribution in [-0.2, 0) is 27.2 Å². The van der Waals surface area contributed by atoms with Crippen molar-refractivity contribution in [2.75, 3.05) is 23.3 Å². The van der Waals surface area contributed by atoms with Gasteiger partial charge in [0.2, 0.25) is 29.0 Å². The van der Waals surface area contributed by atoms with Crippen molar-refractivity contribution in [2.24, 2.45) is 23.7 Å². The lowest BCUT2D eigenvalue weighted by molar-refractivity contribution is -0.448. The Morgan fingerprint density at radius 1 is 0.653 bits per heavy atom. The van der Waals surface area contributed by atoms with Crippen molar-refractivity contribution < 1.29 is 24.1 Å². The van der Waals surface area contributed by atoms with E-state index in [1.54, 1.807) is 0 Å². The van der Waals surface area contributed by atoms with Crippen molar-refractivity contribution in [3.05, 3.63) is 124 Å². The third-order valence-electron chi connectivity index (χ3n) is 16.2. The Hall–Kier alpha value is -5.50. The molecule has 8 nitrogen and oxygen atoms in total. The molecule has 3 aromatic rings. The van der Waals surface area contributed by atoms with Gasteiger partial charge in [-0.05, 0) is 124 Å². The minimum atomic E-state index is -0.309. The number of aryl methyl sites for hydroxylation is 2. The Kier molecular flexibility index (Phi) is 20.3. The average molecular weight is 976 g/mol. The van der Waals surface area contributed by atoms with Gasteiger partial charge in [0.1, 0.15) is 5.76 Å². The van der Waals surface area contributed by atoms with E-state index in [1.165, 1.54) is 11.1 Å². The fraction of sp³-hybridized carbons (Fsp3) is 0.531. The second-order valence-electron chi connectivity index (χ2n) is 21.4. The van der Waals surface area contributed by atoms with Crippen molar-refractivity contribution >= 4 is 51.6 Å². The summed E-state index contributed by atoms with van der Waals surface area (Å²) in [4.78, 5) is 45.4. The number of allylic oxidation sites excluding steroid dienone is 5. The first-order valence-corrected chi connectivity index (χ1v) is 28.6. The molecule has 2 unspecified atom stereocenters. The van der Waals surface area contributed by atoms with Gasteiger partial charge in [-0.15, -0.1) is 0 Å². The van der Waals surface area contributed by atoms with Crippen molar-refractivity contribution in [3.63, 3.8) is 0 Å². The summed E-state index contributed by atoms with van der Waals surface area (Å²) in [5, 5.41) is 18.9. The van der Waals surface area contributed by atoms with Crippen LogP contribution in [0.2, 0.25) is 0 Å². The van der Waals surface area contributed by atoms with Gasteiger partial charge in [-0.25, -0.2) is 0 Å². The van der Waals surface area contributed by atoms with E-state index >= 15 is 0 Å². The van der Waals surface area contributed by atoms with E-state index in [4.69, 9.17) is 0 Å². The molecule has 2 atom stereocenters. The highest BCUT2D eigenvalue weighted by Gasteiger charge is 2.41. The third kappa shape index (κ3) is 13.6. The van der Waals surface area contributed by atoms with Gasteiger partial charge in [0.25, 0.3) is 0 Å². The molecule has 0 saturated heterocycles. The number of rotatable bonds is 26. The van der Waals surface area contributed by atoms with Crippen LogP contribution in [0.1, 0.15) is 187 Å². The molecule has 2 amide bonds. The number of ketones is 1. The number of nitrogens with zero attached hydrogens (tertiary/aromatic N) is 2. The molecule has 2 fully saturated rings. The van der Waals surface area contributed by atoms with Gasteiger partial charge in [0.05, 0.1) is 22.5 Å². The number of aliphatic hydroxyl groups excluding tert-OH is 1. The zero-order valence-electron chi connectivity index (χ0n) is 44.9. The lowest BCUT2D eigenvalue weighted by Crippen LogP contribution is -2.34. The molecular formula is C64H87N4O4+. The maximum absolute atomic E-state index is 14.9. The molecule has 0 spiro atoms. The molecule has 7 rings (SSSR count). The summed E-state index contributed by atoms with van der Waals surface area (Å²) in [6, 6.07) is 23.8. The van der Waals surface area contributed by atoms with Crippen LogP contribution >= 0.6 is 0 Å². The summed E-state index contributed by atoms with van der Waals surface area (Å²) >= 11 is 0. The van der Waals surface area contributed by atoms with Crippen molar-refractivity contribution in [3.8, 4) is 0 Å². The second-order valence-corrected chi connectivity index (χ2v) is 21.4. The maximum Gasteiger partial charge on any atom is 0.227 e. The summed E-state index contributed by atoms with van der Waals surface area (Å²) in [7, 11) is 0. The number of Topliss-reactive ketones (excluding diaryl/α,β-unsaturated/α-hetero) is 1. The van der Waals surface area contributed by atoms with Crippen LogP contribution < -0.4 is 15.5 Å². The van der Waals surface area contributed by atoms with E-state index in [1.807, 2.05) is 36.4 Å². The van der Waals surface area contributed by atoms with E-state index in [0.29, 0.717) is 34.4 Å². The monoisotopic (exact) mass is 976 g/mol. The van der Waals surface area contributed by atoms with Crippen LogP contribution in [0.25, 0.3) is 5.57 Å². The highest BCUT2D eigenvalue weighted by molar-refractivity contribution is 6.40. The first-order chi connectivity index (χ1) is 35.1. The molecule has 4 aliphatic carbocycles. The smallest absolute Gasteiger partial charge is 0.227 e. The standard InChI is InChI=1S/C64H86N4O4/c1-7-13-21-45(11-5)43-67(51-33-29-47(30-34-51)23-15-9-3)53-37-39-55(57(41-53)65-63(71)49-25-17-18-26-49)59-61(69)60(62(59)70)56-40-38-54(42-58(56)66-64(72)50-27-19-20-28-50)68(44-46(12-6)22-14-8-2)52-35-31-48(32-36-52)24-16-10-4/h29-42,45-46,49-50H,7-28,43-44H2,1-6H3,(H2,65,66,69,70,71,72)/p+1. The molecular weight excluding hydrogens is 889 g/mol. The molecule has 2 saturated carbocycles. The minimum Gasteiger partial charge on any atom is -0.506 e. The highest BCUT2D eigenvalue weighted by Crippen LogP contribution is 2.45. The van der Waals surface area contributed by atoms with Crippen LogP contribution in [0.4, 0.5) is 22.7 Å². The predicted octanol–water partition coefficient (Wildman–Crippen LogP) is 15.8. The SMILES string of the molecule is CCCCc1ccc(N(CC(CC)CCCC)c2ccc(C3=C(O)/C(=C4/C=CC(=[N+](CC(CC)CCCC)c5ccc(CCCC)cc5)C=C4NC(=O)C4CCCC4)C3=O)c(NC(=O)C3CCCC3)c2)cc1. The number of hydrogen-bond acceptors (Lipinski definition) is 5. The number of hydrogen-bond donors (Lipinski definition) is 3. The zero-order chi connectivity index (χ0) is 51.0. The highest BCUT2D eigenvalue weighted by atomic mass is 16.3. The van der Waals surface area contributed by atoms with Gasteiger partial charge in [-0.1, -0.05) is 136 Å². The molecule has 0 bridgehead atoms. The number of aliphatic hydroxyl groups is 1. The Morgan fingerprint density at radius 2 is 1.19 bits per heavy atom. The Morgan fingerprint density at radius 3 is 1.75 bits per heavy atom. The van der Waals surface area contributed by atoms with Crippen LogP contribution in [0, 0.1) is 23.7 Å². The number of carbonyl (C=O) groups is 3. The quantitative estimate of drug-likeness (QED) is 0.0549. The second kappa shape index (κ2) is 27.0.